The molecule has 0 radical (unpaired) electrons. The molecule has 0 saturated carbocycles. The number of rotatable bonds is 2. The lowest BCUT2D eigenvalue weighted by Gasteiger charge is -2.02. The van der Waals surface area contributed by atoms with E-state index in [0.717, 1.165) is 0 Å². The lowest BCUT2D eigenvalue weighted by Crippen LogP contribution is -2.14. The molecule has 6 nitrogen and oxygen atoms in total. The lowest BCUT2D eigenvalue weighted by molar-refractivity contribution is 0.0544. The predicted octanol–water partition coefficient (Wildman–Crippen LogP) is 0.302. The van der Waals surface area contributed by atoms with Gasteiger partial charge in [0.25, 0.3) is 0 Å². The number of methoxy groups -OCH3 is 2. The first-order valence-corrected chi connectivity index (χ1v) is 4.22. The Kier molecular flexibility index (Phi) is 3.08. The first-order chi connectivity index (χ1) is 7.02. The van der Waals surface area contributed by atoms with E-state index in [9.17, 15) is 9.59 Å². The molecule has 0 amide bonds. The van der Waals surface area contributed by atoms with Crippen molar-refractivity contribution in [3.63, 3.8) is 0 Å². The molecule has 0 N–H and O–H groups in total. The number of carbonyl (C=O) groups excluding carboxylic acids is 2. The molecule has 1 heterocycles. The average molecular weight is 212 g/mol. The summed E-state index contributed by atoms with van der Waals surface area (Å²) in [6.45, 7) is 1.68. The number of nitrogens with zero attached hydrogens (tertiary/aromatic N) is 2. The third kappa shape index (κ3) is 1.83. The van der Waals surface area contributed by atoms with Crippen LogP contribution in [-0.4, -0.2) is 35.7 Å². The topological polar surface area (TPSA) is 70.4 Å². The molecular weight excluding hydrogens is 200 g/mol. The molecule has 0 aliphatic carbocycles. The van der Waals surface area contributed by atoms with Crippen LogP contribution < -0.4 is 0 Å². The van der Waals surface area contributed by atoms with Gasteiger partial charge in [0.2, 0.25) is 0 Å². The van der Waals surface area contributed by atoms with Crippen LogP contribution in [0, 0.1) is 6.92 Å². The standard InChI is InChI=1S/C9H12N2O4/c1-5-10-6(8(12)14-3)7(11(5)2)9(13)15-4/h1-4H3. The van der Waals surface area contributed by atoms with Crippen LogP contribution >= 0.6 is 0 Å². The summed E-state index contributed by atoms with van der Waals surface area (Å²) in [4.78, 5) is 26.6. The van der Waals surface area contributed by atoms with Gasteiger partial charge in [-0.15, -0.1) is 0 Å². The van der Waals surface area contributed by atoms with Crippen LogP contribution in [0.5, 0.6) is 0 Å². The minimum absolute atomic E-state index is 0.0237. The summed E-state index contributed by atoms with van der Waals surface area (Å²) in [6, 6.07) is 0. The Morgan fingerprint density at radius 1 is 1.20 bits per heavy atom. The minimum atomic E-state index is -0.654. The van der Waals surface area contributed by atoms with Gasteiger partial charge in [-0.25, -0.2) is 14.6 Å². The van der Waals surface area contributed by atoms with Crippen LogP contribution in [0.25, 0.3) is 0 Å². The molecule has 0 unspecified atom stereocenters. The maximum absolute atomic E-state index is 11.4. The van der Waals surface area contributed by atoms with Crippen molar-refractivity contribution in [1.82, 2.24) is 9.55 Å². The third-order valence-corrected chi connectivity index (χ3v) is 2.08. The van der Waals surface area contributed by atoms with Crippen molar-refractivity contribution in [2.75, 3.05) is 14.2 Å². The molecule has 0 atom stereocenters. The Hall–Kier alpha value is -1.85. The van der Waals surface area contributed by atoms with Crippen LogP contribution in [0.4, 0.5) is 0 Å². The van der Waals surface area contributed by atoms with Crippen LogP contribution in [0.15, 0.2) is 0 Å². The normalized spacial score (nSPS) is 9.87. The van der Waals surface area contributed by atoms with Gasteiger partial charge in [0, 0.05) is 7.05 Å². The quantitative estimate of drug-likeness (QED) is 0.659. The lowest BCUT2D eigenvalue weighted by atomic mass is 10.3. The first kappa shape index (κ1) is 11.2. The summed E-state index contributed by atoms with van der Waals surface area (Å²) in [5, 5.41) is 0. The number of hydrogen-bond donors (Lipinski definition) is 0. The third-order valence-electron chi connectivity index (χ3n) is 2.08. The second-order valence-corrected chi connectivity index (χ2v) is 2.90. The molecule has 1 rings (SSSR count). The SMILES string of the molecule is COC(=O)c1nc(C)n(C)c1C(=O)OC. The van der Waals surface area contributed by atoms with Crippen molar-refractivity contribution in [2.45, 2.75) is 6.92 Å². The van der Waals surface area contributed by atoms with Gasteiger partial charge >= 0.3 is 11.9 Å². The van der Waals surface area contributed by atoms with Crippen LogP contribution in [-0.2, 0) is 16.5 Å². The fourth-order valence-corrected chi connectivity index (χ4v) is 1.18. The van der Waals surface area contributed by atoms with Crippen LogP contribution in [0.3, 0.4) is 0 Å². The van der Waals surface area contributed by atoms with Crippen molar-refractivity contribution in [1.29, 1.82) is 0 Å². The van der Waals surface area contributed by atoms with Crippen molar-refractivity contribution >= 4 is 11.9 Å². The second-order valence-electron chi connectivity index (χ2n) is 2.90. The van der Waals surface area contributed by atoms with Crippen molar-refractivity contribution in [2.24, 2.45) is 7.05 Å². The highest BCUT2D eigenvalue weighted by Gasteiger charge is 2.25. The maximum atomic E-state index is 11.4. The van der Waals surface area contributed by atoms with Gasteiger partial charge in [0.15, 0.2) is 11.4 Å². The number of aromatic nitrogens is 2. The summed E-state index contributed by atoms with van der Waals surface area (Å²) in [5.41, 5.74) is 0.0752. The van der Waals surface area contributed by atoms with E-state index in [-0.39, 0.29) is 11.4 Å². The predicted molar refractivity (Wildman–Crippen MR) is 50.6 cm³/mol. The van der Waals surface area contributed by atoms with E-state index in [1.165, 1.54) is 18.8 Å². The number of imidazole rings is 1. The maximum Gasteiger partial charge on any atom is 0.359 e. The Bertz CT molecular complexity index is 408. The van der Waals surface area contributed by atoms with E-state index in [4.69, 9.17) is 0 Å². The van der Waals surface area contributed by atoms with Gasteiger partial charge < -0.3 is 14.0 Å². The zero-order chi connectivity index (χ0) is 11.6. The summed E-state index contributed by atoms with van der Waals surface area (Å²) < 4.78 is 10.6. The van der Waals surface area contributed by atoms with Gasteiger partial charge in [-0.1, -0.05) is 0 Å². The number of ether oxygens (including phenoxy) is 2. The van der Waals surface area contributed by atoms with E-state index in [0.29, 0.717) is 5.82 Å². The molecule has 6 heteroatoms. The minimum Gasteiger partial charge on any atom is -0.464 e. The second kappa shape index (κ2) is 4.12. The van der Waals surface area contributed by atoms with Gasteiger partial charge in [-0.2, -0.15) is 0 Å². The van der Waals surface area contributed by atoms with E-state index in [2.05, 4.69) is 14.5 Å². The summed E-state index contributed by atoms with van der Waals surface area (Å²) in [6.07, 6.45) is 0. The Labute approximate surface area is 86.8 Å². The van der Waals surface area contributed by atoms with E-state index in [1.807, 2.05) is 0 Å². The zero-order valence-electron chi connectivity index (χ0n) is 9.03. The van der Waals surface area contributed by atoms with Crippen molar-refractivity contribution in [3.05, 3.63) is 17.2 Å². The molecule has 0 aliphatic rings. The number of esters is 2. The molecule has 1 aromatic heterocycles. The highest BCUT2D eigenvalue weighted by molar-refractivity contribution is 6.00. The monoisotopic (exact) mass is 212 g/mol. The summed E-state index contributed by atoms with van der Waals surface area (Å²) in [7, 11) is 4.10. The molecule has 0 bridgehead atoms. The fourth-order valence-electron chi connectivity index (χ4n) is 1.18. The largest absolute Gasteiger partial charge is 0.464 e. The highest BCUT2D eigenvalue weighted by atomic mass is 16.5. The van der Waals surface area contributed by atoms with Crippen molar-refractivity contribution < 1.29 is 19.1 Å². The Morgan fingerprint density at radius 3 is 2.20 bits per heavy atom. The molecule has 0 aromatic carbocycles. The fraction of sp³-hybridized carbons (Fsp3) is 0.444. The van der Waals surface area contributed by atoms with Gasteiger partial charge in [0.05, 0.1) is 14.2 Å². The number of hydrogen-bond acceptors (Lipinski definition) is 5. The molecule has 15 heavy (non-hydrogen) atoms. The smallest absolute Gasteiger partial charge is 0.359 e. The molecule has 1 aromatic rings. The molecule has 0 spiro atoms. The van der Waals surface area contributed by atoms with E-state index in [1.54, 1.807) is 14.0 Å². The molecule has 82 valence electrons. The Morgan fingerprint density at radius 2 is 1.73 bits per heavy atom. The Balaban J connectivity index is 3.33. The summed E-state index contributed by atoms with van der Waals surface area (Å²) >= 11 is 0. The van der Waals surface area contributed by atoms with E-state index < -0.39 is 11.9 Å². The van der Waals surface area contributed by atoms with Gasteiger partial charge in [0.1, 0.15) is 5.82 Å². The van der Waals surface area contributed by atoms with Gasteiger partial charge in [-0.05, 0) is 6.92 Å². The summed E-state index contributed by atoms with van der Waals surface area (Å²) in [5.74, 6) is -0.728. The first-order valence-electron chi connectivity index (χ1n) is 4.22. The molecule has 0 fully saturated rings. The number of aryl methyl sites for hydroxylation is 1. The molecular formula is C9H12N2O4. The van der Waals surface area contributed by atoms with Gasteiger partial charge in [-0.3, -0.25) is 0 Å². The number of carbonyl (C=O) groups is 2. The van der Waals surface area contributed by atoms with E-state index >= 15 is 0 Å². The van der Waals surface area contributed by atoms with Crippen molar-refractivity contribution in [3.8, 4) is 0 Å². The average Bonchev–Trinajstić information content (AvgIpc) is 2.53. The highest BCUT2D eigenvalue weighted by Crippen LogP contribution is 2.12. The van der Waals surface area contributed by atoms with Crippen LogP contribution in [0.2, 0.25) is 0 Å². The van der Waals surface area contributed by atoms with Crippen LogP contribution in [0.1, 0.15) is 26.8 Å². The zero-order valence-corrected chi connectivity index (χ0v) is 9.03. The molecule has 0 saturated heterocycles. The molecule has 0 aliphatic heterocycles.